The Labute approximate surface area is 109 Å². The third-order valence-electron chi connectivity index (χ3n) is 0. The van der Waals surface area contributed by atoms with E-state index >= 15 is 0 Å². The molecule has 0 aromatic carbocycles. The van der Waals surface area contributed by atoms with Crippen LogP contribution in [-0.2, 0) is 22.5 Å². The fourth-order valence-electron chi connectivity index (χ4n) is 0. The molecule has 4 heavy (non-hydrogen) atoms. The molecular formula is BaCuNdO. The molecule has 0 spiro atoms. The summed E-state index contributed by atoms with van der Waals surface area (Å²) >= 11 is 0. The Balaban J connectivity index is 0. The van der Waals surface area contributed by atoms with Crippen molar-refractivity contribution in [2.24, 2.45) is 0 Å². The Morgan fingerprint density at radius 2 is 1.00 bits per heavy atom. The second-order valence-corrected chi connectivity index (χ2v) is 0. The van der Waals surface area contributed by atoms with Gasteiger partial charge in [0, 0.05) is 112 Å². The van der Waals surface area contributed by atoms with Gasteiger partial charge < -0.3 is 0 Å². The summed E-state index contributed by atoms with van der Waals surface area (Å²) in [5.41, 5.74) is 0. The molecule has 23 valence electrons. The molecule has 0 unspecified atom stereocenters. The van der Waals surface area contributed by atoms with E-state index in [-0.39, 0.29) is 112 Å². The molecular weight excluding hydrogens is 361 g/mol. The first kappa shape index (κ1) is 26.2. The zero-order valence-electron chi connectivity index (χ0n) is 1.92. The van der Waals surface area contributed by atoms with Crippen molar-refractivity contribution in [2.75, 3.05) is 0 Å². The molecule has 0 aromatic rings. The van der Waals surface area contributed by atoms with E-state index in [2.05, 4.69) is 0 Å². The standard InChI is InChI=1S/Ba.Cu.Nd.O. The van der Waals surface area contributed by atoms with E-state index in [1.54, 1.807) is 0 Å². The zero-order valence-corrected chi connectivity index (χ0v) is 10.5. The fraction of sp³-hybridized carbons (Fsp3) is 0. The van der Waals surface area contributed by atoms with Gasteiger partial charge in [-0.05, 0) is 0 Å². The molecule has 4 heteroatoms. The summed E-state index contributed by atoms with van der Waals surface area (Å²) in [7, 11) is 0. The van der Waals surface area contributed by atoms with Crippen LogP contribution < -0.4 is 0 Å². The molecule has 1 nitrogen and oxygen atoms in total. The minimum absolute atomic E-state index is 0. The van der Waals surface area contributed by atoms with E-state index in [1.165, 1.54) is 0 Å². The third-order valence-corrected chi connectivity index (χ3v) is 0. The zero-order chi connectivity index (χ0) is 0. The van der Waals surface area contributed by atoms with Gasteiger partial charge in [-0.3, -0.25) is 0 Å². The van der Waals surface area contributed by atoms with Gasteiger partial charge in [-0.15, -0.1) is 0 Å². The molecule has 0 heterocycles. The van der Waals surface area contributed by atoms with Crippen LogP contribution in [0.2, 0.25) is 0 Å². The van der Waals surface area contributed by atoms with E-state index in [0.717, 1.165) is 0 Å². The molecule has 0 saturated heterocycles. The van der Waals surface area contributed by atoms with E-state index < -0.39 is 0 Å². The Hall–Kier alpha value is 3.40. The molecule has 0 bridgehead atoms. The van der Waals surface area contributed by atoms with Crippen LogP contribution in [0.1, 0.15) is 0 Å². The maximum atomic E-state index is 0. The molecule has 0 aliphatic rings. The summed E-state index contributed by atoms with van der Waals surface area (Å²) in [6, 6.07) is 0. The number of hydrogen-bond donors (Lipinski definition) is 0. The maximum Gasteiger partial charge on any atom is 0 e. The third kappa shape index (κ3) is 9.04. The van der Waals surface area contributed by atoms with Crippen LogP contribution >= 0.6 is 0 Å². The predicted molar refractivity (Wildman–Crippen MR) is 6.44 cm³/mol. The summed E-state index contributed by atoms with van der Waals surface area (Å²) in [5.74, 6) is 0. The largest absolute Gasteiger partial charge is 0 e. The first-order valence-corrected chi connectivity index (χ1v) is 0. The molecule has 5 radical (unpaired) electrons. The van der Waals surface area contributed by atoms with Crippen molar-refractivity contribution in [3.8, 4) is 0 Å². The van der Waals surface area contributed by atoms with E-state index in [4.69, 9.17) is 0 Å². The van der Waals surface area contributed by atoms with Gasteiger partial charge in [0.15, 0.2) is 0 Å². The second kappa shape index (κ2) is 16.1. The van der Waals surface area contributed by atoms with Gasteiger partial charge in [0.2, 0.25) is 0 Å². The summed E-state index contributed by atoms with van der Waals surface area (Å²) in [6.45, 7) is 0. The van der Waals surface area contributed by atoms with Crippen LogP contribution in [0.4, 0.5) is 0 Å². The van der Waals surface area contributed by atoms with Crippen molar-refractivity contribution < 1.29 is 63.4 Å². The van der Waals surface area contributed by atoms with Gasteiger partial charge in [0.1, 0.15) is 0 Å². The minimum atomic E-state index is 0. The first-order valence-electron chi connectivity index (χ1n) is 0. The average Bonchev–Trinajstić information content (AvgIpc) is 0. The molecule has 0 rings (SSSR count). The van der Waals surface area contributed by atoms with Crippen molar-refractivity contribution in [2.45, 2.75) is 0 Å². The van der Waals surface area contributed by atoms with Crippen LogP contribution in [-0.4, -0.2) is 48.9 Å². The topological polar surface area (TPSA) is 28.5 Å². The van der Waals surface area contributed by atoms with Crippen molar-refractivity contribution in [1.82, 2.24) is 0 Å². The Morgan fingerprint density at radius 1 is 1.00 bits per heavy atom. The molecule has 0 atom stereocenters. The molecule has 0 fully saturated rings. The molecule has 0 saturated carbocycles. The van der Waals surface area contributed by atoms with Crippen molar-refractivity contribution in [1.29, 1.82) is 0 Å². The summed E-state index contributed by atoms with van der Waals surface area (Å²) in [5, 5.41) is 0. The minimum Gasteiger partial charge on any atom is 0 e. The molecule has 0 aromatic heterocycles. The van der Waals surface area contributed by atoms with Crippen LogP contribution in [0.5, 0.6) is 0 Å². The van der Waals surface area contributed by atoms with Crippen molar-refractivity contribution in [3.05, 3.63) is 0 Å². The van der Waals surface area contributed by atoms with Gasteiger partial charge in [-0.1, -0.05) is 0 Å². The van der Waals surface area contributed by atoms with E-state index in [1.807, 2.05) is 0 Å². The van der Waals surface area contributed by atoms with Crippen LogP contribution in [0.3, 0.4) is 0 Å². The Morgan fingerprint density at radius 3 is 1.00 bits per heavy atom. The second-order valence-electron chi connectivity index (χ2n) is 0. The van der Waals surface area contributed by atoms with Gasteiger partial charge in [0.05, 0.1) is 0 Å². The smallest absolute Gasteiger partial charge is 0 e. The average molecular weight is 361 g/mol. The maximum absolute atomic E-state index is 0. The molecule has 0 aliphatic heterocycles. The molecule has 0 N–H and O–H groups in total. The summed E-state index contributed by atoms with van der Waals surface area (Å²) in [6.07, 6.45) is 0. The van der Waals surface area contributed by atoms with E-state index in [9.17, 15) is 0 Å². The van der Waals surface area contributed by atoms with Crippen molar-refractivity contribution >= 4 is 48.9 Å². The van der Waals surface area contributed by atoms with Gasteiger partial charge in [0.25, 0.3) is 0 Å². The molecule has 0 amide bonds. The Bertz CT molecular complexity index is 8.00. The quantitative estimate of drug-likeness (QED) is 0.521. The van der Waals surface area contributed by atoms with Crippen LogP contribution in [0, 0.1) is 40.8 Å². The van der Waals surface area contributed by atoms with Crippen molar-refractivity contribution in [3.63, 3.8) is 0 Å². The summed E-state index contributed by atoms with van der Waals surface area (Å²) in [4.78, 5) is 0. The van der Waals surface area contributed by atoms with E-state index in [0.29, 0.717) is 0 Å². The summed E-state index contributed by atoms with van der Waals surface area (Å²) < 4.78 is 0. The number of rotatable bonds is 0. The van der Waals surface area contributed by atoms with Crippen LogP contribution in [0.15, 0.2) is 0 Å². The van der Waals surface area contributed by atoms with Gasteiger partial charge >= 0.3 is 0 Å². The fourth-order valence-corrected chi connectivity index (χ4v) is 0. The predicted octanol–water partition coefficient (Wildman–Crippen LogP) is -0.502. The Kier molecular flexibility index (Phi) is 106. The van der Waals surface area contributed by atoms with Crippen LogP contribution in [0.25, 0.3) is 0 Å². The van der Waals surface area contributed by atoms with Gasteiger partial charge in [-0.25, -0.2) is 0 Å². The molecule has 0 aliphatic carbocycles. The monoisotopic (exact) mass is 359 g/mol. The SMILES string of the molecule is [Ba].[Cu].[Nd].[O]. The first-order chi connectivity index (χ1) is 0. The van der Waals surface area contributed by atoms with Gasteiger partial charge in [-0.2, -0.15) is 0 Å². The normalized spacial score (nSPS) is 0. The number of hydrogen-bond acceptors (Lipinski definition) is 0.